The van der Waals surface area contributed by atoms with Crippen LogP contribution in [0.5, 0.6) is 0 Å². The van der Waals surface area contributed by atoms with E-state index in [0.29, 0.717) is 5.56 Å². The van der Waals surface area contributed by atoms with Crippen LogP contribution in [-0.4, -0.2) is 16.6 Å². The molecule has 2 N–H and O–H groups in total. The van der Waals surface area contributed by atoms with Crippen LogP contribution in [0.4, 0.5) is 0 Å². The summed E-state index contributed by atoms with van der Waals surface area (Å²) in [5.74, 6) is -0.889. The highest BCUT2D eigenvalue weighted by Gasteiger charge is 2.18. The summed E-state index contributed by atoms with van der Waals surface area (Å²) in [5.41, 5.74) is 4.03. The molecule has 0 aliphatic heterocycles. The quantitative estimate of drug-likeness (QED) is 0.852. The van der Waals surface area contributed by atoms with E-state index in [0.717, 1.165) is 18.5 Å². The summed E-state index contributed by atoms with van der Waals surface area (Å²) in [6.45, 7) is 7.23. The standard InChI is InChI=1S/C19H23NO2/c1-14-6-4-5-7-17(14)12-19(2,3)20-13-15-8-10-16(11-9-15)18(21)22/h4-11,20H,12-13H2,1-3H3,(H,21,22). The van der Waals surface area contributed by atoms with Gasteiger partial charge in [0, 0.05) is 12.1 Å². The minimum absolute atomic E-state index is 0.0302. The highest BCUT2D eigenvalue weighted by Crippen LogP contribution is 2.17. The van der Waals surface area contributed by atoms with Crippen LogP contribution < -0.4 is 5.32 Å². The maximum absolute atomic E-state index is 10.8. The predicted molar refractivity (Wildman–Crippen MR) is 89.2 cm³/mol. The lowest BCUT2D eigenvalue weighted by Gasteiger charge is -2.27. The van der Waals surface area contributed by atoms with E-state index in [-0.39, 0.29) is 5.54 Å². The molecule has 0 saturated carbocycles. The molecule has 0 unspecified atom stereocenters. The van der Waals surface area contributed by atoms with Crippen LogP contribution in [-0.2, 0) is 13.0 Å². The number of carboxylic acid groups (broad SMARTS) is 1. The normalized spacial score (nSPS) is 11.4. The molecule has 2 aromatic rings. The van der Waals surface area contributed by atoms with Gasteiger partial charge in [-0.15, -0.1) is 0 Å². The number of aryl methyl sites for hydroxylation is 1. The van der Waals surface area contributed by atoms with Gasteiger partial charge in [0.25, 0.3) is 0 Å². The molecule has 0 saturated heterocycles. The van der Waals surface area contributed by atoms with Crippen molar-refractivity contribution in [3.8, 4) is 0 Å². The van der Waals surface area contributed by atoms with Gasteiger partial charge in [-0.3, -0.25) is 0 Å². The molecule has 3 nitrogen and oxygen atoms in total. The van der Waals surface area contributed by atoms with Gasteiger partial charge < -0.3 is 10.4 Å². The number of hydrogen-bond donors (Lipinski definition) is 2. The number of nitrogens with one attached hydrogen (secondary N) is 1. The Bertz CT molecular complexity index is 645. The smallest absolute Gasteiger partial charge is 0.335 e. The molecule has 0 atom stereocenters. The molecule has 0 spiro atoms. The summed E-state index contributed by atoms with van der Waals surface area (Å²) >= 11 is 0. The second-order valence-corrected chi connectivity index (χ2v) is 6.34. The van der Waals surface area contributed by atoms with Crippen LogP contribution in [0.2, 0.25) is 0 Å². The summed E-state index contributed by atoms with van der Waals surface area (Å²) < 4.78 is 0. The first kappa shape index (κ1) is 16.2. The van der Waals surface area contributed by atoms with Crippen LogP contribution in [0, 0.1) is 6.92 Å². The first-order valence-corrected chi connectivity index (χ1v) is 7.49. The molecule has 3 heteroatoms. The zero-order valence-corrected chi connectivity index (χ0v) is 13.4. The molecule has 2 aromatic carbocycles. The third-order valence-corrected chi connectivity index (χ3v) is 3.87. The summed E-state index contributed by atoms with van der Waals surface area (Å²) in [6, 6.07) is 15.4. The molecule has 116 valence electrons. The lowest BCUT2D eigenvalue weighted by molar-refractivity contribution is 0.0697. The first-order valence-electron chi connectivity index (χ1n) is 7.49. The maximum atomic E-state index is 10.8. The molecule has 0 aliphatic carbocycles. The number of benzene rings is 2. The van der Waals surface area contributed by atoms with Crippen LogP contribution in [0.1, 0.15) is 40.9 Å². The number of carboxylic acids is 1. The largest absolute Gasteiger partial charge is 0.478 e. The van der Waals surface area contributed by atoms with E-state index in [1.165, 1.54) is 11.1 Å². The van der Waals surface area contributed by atoms with E-state index in [4.69, 9.17) is 5.11 Å². The Morgan fingerprint density at radius 3 is 2.32 bits per heavy atom. The van der Waals surface area contributed by atoms with E-state index >= 15 is 0 Å². The van der Waals surface area contributed by atoms with E-state index in [9.17, 15) is 4.79 Å². The van der Waals surface area contributed by atoms with Gasteiger partial charge in [0.15, 0.2) is 0 Å². The van der Waals surface area contributed by atoms with Gasteiger partial charge >= 0.3 is 5.97 Å². The Labute approximate surface area is 132 Å². The van der Waals surface area contributed by atoms with Crippen LogP contribution in [0.15, 0.2) is 48.5 Å². The van der Waals surface area contributed by atoms with Gasteiger partial charge in [0.05, 0.1) is 5.56 Å². The molecule has 0 amide bonds. The molecule has 0 aliphatic rings. The van der Waals surface area contributed by atoms with Crippen LogP contribution in [0.25, 0.3) is 0 Å². The molecule has 0 aromatic heterocycles. The summed E-state index contributed by atoms with van der Waals surface area (Å²) in [4.78, 5) is 10.8. The molecule has 2 rings (SSSR count). The van der Waals surface area contributed by atoms with Crippen molar-refractivity contribution in [2.24, 2.45) is 0 Å². The summed E-state index contributed by atoms with van der Waals surface area (Å²) in [6.07, 6.45) is 0.951. The van der Waals surface area contributed by atoms with Crippen molar-refractivity contribution in [3.05, 3.63) is 70.8 Å². The van der Waals surface area contributed by atoms with Crippen molar-refractivity contribution in [2.75, 3.05) is 0 Å². The highest BCUT2D eigenvalue weighted by molar-refractivity contribution is 5.87. The van der Waals surface area contributed by atoms with Gasteiger partial charge in [-0.25, -0.2) is 4.79 Å². The zero-order valence-electron chi connectivity index (χ0n) is 13.4. The number of carbonyl (C=O) groups is 1. The number of aromatic carboxylic acids is 1. The van der Waals surface area contributed by atoms with Crippen molar-refractivity contribution in [3.63, 3.8) is 0 Å². The highest BCUT2D eigenvalue weighted by atomic mass is 16.4. The molecule has 22 heavy (non-hydrogen) atoms. The van der Waals surface area contributed by atoms with Crippen molar-refractivity contribution in [1.82, 2.24) is 5.32 Å². The minimum Gasteiger partial charge on any atom is -0.478 e. The first-order chi connectivity index (χ1) is 10.4. The lowest BCUT2D eigenvalue weighted by Crippen LogP contribution is -2.40. The fourth-order valence-corrected chi connectivity index (χ4v) is 2.45. The zero-order chi connectivity index (χ0) is 16.2. The Balaban J connectivity index is 1.97. The van der Waals surface area contributed by atoms with E-state index < -0.39 is 5.97 Å². The maximum Gasteiger partial charge on any atom is 0.335 e. The summed E-state index contributed by atoms with van der Waals surface area (Å²) in [5, 5.41) is 12.5. The topological polar surface area (TPSA) is 49.3 Å². The van der Waals surface area contributed by atoms with Crippen molar-refractivity contribution < 1.29 is 9.90 Å². The Morgan fingerprint density at radius 2 is 1.73 bits per heavy atom. The van der Waals surface area contributed by atoms with Crippen LogP contribution in [0.3, 0.4) is 0 Å². The number of hydrogen-bond acceptors (Lipinski definition) is 2. The molecule has 0 heterocycles. The minimum atomic E-state index is -0.889. The van der Waals surface area contributed by atoms with Gasteiger partial charge in [0.2, 0.25) is 0 Å². The molecule has 0 fully saturated rings. The van der Waals surface area contributed by atoms with E-state index in [1.807, 2.05) is 12.1 Å². The predicted octanol–water partition coefficient (Wildman–Crippen LogP) is 3.80. The Kier molecular flexibility index (Phi) is 4.99. The van der Waals surface area contributed by atoms with Crippen LogP contribution >= 0.6 is 0 Å². The molecule has 0 radical (unpaired) electrons. The SMILES string of the molecule is Cc1ccccc1CC(C)(C)NCc1ccc(C(=O)O)cc1. The molecule has 0 bridgehead atoms. The summed E-state index contributed by atoms with van der Waals surface area (Å²) in [7, 11) is 0. The van der Waals surface area contributed by atoms with E-state index in [1.54, 1.807) is 12.1 Å². The average Bonchev–Trinajstić information content (AvgIpc) is 2.48. The Hall–Kier alpha value is -2.13. The second kappa shape index (κ2) is 6.75. The molecular formula is C19H23NO2. The van der Waals surface area contributed by atoms with Gasteiger partial charge in [-0.2, -0.15) is 0 Å². The van der Waals surface area contributed by atoms with Gasteiger partial charge in [0.1, 0.15) is 0 Å². The van der Waals surface area contributed by atoms with Gasteiger partial charge in [-0.1, -0.05) is 36.4 Å². The third-order valence-electron chi connectivity index (χ3n) is 3.87. The number of rotatable bonds is 6. The molecular weight excluding hydrogens is 274 g/mol. The van der Waals surface area contributed by atoms with E-state index in [2.05, 4.69) is 50.4 Å². The third kappa shape index (κ3) is 4.43. The Morgan fingerprint density at radius 1 is 1.09 bits per heavy atom. The second-order valence-electron chi connectivity index (χ2n) is 6.34. The van der Waals surface area contributed by atoms with Crippen molar-refractivity contribution >= 4 is 5.97 Å². The lowest BCUT2D eigenvalue weighted by atomic mass is 9.92. The fourth-order valence-electron chi connectivity index (χ4n) is 2.45. The fraction of sp³-hybridized carbons (Fsp3) is 0.316. The van der Waals surface area contributed by atoms with Gasteiger partial charge in [-0.05, 0) is 56.0 Å². The van der Waals surface area contributed by atoms with Crippen molar-refractivity contribution in [2.45, 2.75) is 39.3 Å². The van der Waals surface area contributed by atoms with Crippen molar-refractivity contribution in [1.29, 1.82) is 0 Å². The monoisotopic (exact) mass is 297 g/mol. The average molecular weight is 297 g/mol.